The molecule has 3 aromatic rings. The van der Waals surface area contributed by atoms with Crippen LogP contribution in [0, 0.1) is 0 Å². The molecule has 1 heterocycles. The molecule has 22 heavy (non-hydrogen) atoms. The van der Waals surface area contributed by atoms with Crippen molar-refractivity contribution in [2.75, 3.05) is 5.32 Å². The van der Waals surface area contributed by atoms with Crippen molar-refractivity contribution in [1.82, 2.24) is 4.98 Å². The lowest BCUT2D eigenvalue weighted by Crippen LogP contribution is -2.00. The van der Waals surface area contributed by atoms with Crippen LogP contribution in [0.25, 0.3) is 0 Å². The van der Waals surface area contributed by atoms with Crippen LogP contribution in [0.5, 0.6) is 5.75 Å². The van der Waals surface area contributed by atoms with Gasteiger partial charge in [-0.1, -0.05) is 35.9 Å². The zero-order valence-corrected chi connectivity index (χ0v) is 13.4. The van der Waals surface area contributed by atoms with Crippen molar-refractivity contribution in [3.8, 4) is 5.75 Å². The Balaban J connectivity index is 1.59. The maximum Gasteiger partial charge on any atom is 0.182 e. The molecule has 0 amide bonds. The Morgan fingerprint density at radius 2 is 1.95 bits per heavy atom. The smallest absolute Gasteiger partial charge is 0.182 e. The number of ether oxygens (including phenoxy) is 1. The van der Waals surface area contributed by atoms with Gasteiger partial charge < -0.3 is 10.1 Å². The summed E-state index contributed by atoms with van der Waals surface area (Å²) in [6.07, 6.45) is 1.79. The number of hydrogen-bond donors (Lipinski definition) is 1. The number of aromatic nitrogens is 1. The minimum Gasteiger partial charge on any atom is -0.489 e. The number of anilines is 1. The number of halogens is 1. The molecule has 0 aliphatic carbocycles. The van der Waals surface area contributed by atoms with Gasteiger partial charge >= 0.3 is 0 Å². The van der Waals surface area contributed by atoms with E-state index in [-0.39, 0.29) is 0 Å². The molecule has 1 aromatic heterocycles. The summed E-state index contributed by atoms with van der Waals surface area (Å²) in [6.45, 7) is 1.23. The number of rotatable bonds is 6. The number of hydrogen-bond acceptors (Lipinski definition) is 4. The fourth-order valence-corrected chi connectivity index (χ4v) is 2.77. The van der Waals surface area contributed by atoms with Gasteiger partial charge in [-0.25, -0.2) is 4.98 Å². The van der Waals surface area contributed by atoms with Crippen molar-refractivity contribution in [3.63, 3.8) is 0 Å². The Morgan fingerprint density at radius 1 is 1.09 bits per heavy atom. The molecule has 0 fully saturated rings. The van der Waals surface area contributed by atoms with Crippen LogP contribution >= 0.6 is 22.9 Å². The lowest BCUT2D eigenvalue weighted by Gasteiger charge is -2.09. The molecule has 0 atom stereocenters. The van der Waals surface area contributed by atoms with Crippen molar-refractivity contribution in [2.24, 2.45) is 0 Å². The first-order chi connectivity index (χ1) is 10.8. The normalized spacial score (nSPS) is 10.4. The van der Waals surface area contributed by atoms with E-state index >= 15 is 0 Å². The highest BCUT2D eigenvalue weighted by Gasteiger charge is 2.00. The molecule has 2 aromatic carbocycles. The molecule has 1 N–H and O–H groups in total. The van der Waals surface area contributed by atoms with Crippen molar-refractivity contribution in [2.45, 2.75) is 13.2 Å². The van der Waals surface area contributed by atoms with Crippen molar-refractivity contribution in [3.05, 3.63) is 76.3 Å². The highest BCUT2D eigenvalue weighted by atomic mass is 35.5. The van der Waals surface area contributed by atoms with Gasteiger partial charge in [0.25, 0.3) is 0 Å². The van der Waals surface area contributed by atoms with Crippen LogP contribution < -0.4 is 10.1 Å². The van der Waals surface area contributed by atoms with E-state index in [2.05, 4.69) is 16.4 Å². The molecular formula is C17H15ClN2OS. The zero-order chi connectivity index (χ0) is 15.2. The molecule has 0 spiro atoms. The Bertz CT molecular complexity index is 731. The second-order valence-electron chi connectivity index (χ2n) is 4.76. The lowest BCUT2D eigenvalue weighted by atomic mass is 10.2. The first-order valence-corrected chi connectivity index (χ1v) is 8.15. The third-order valence-corrected chi connectivity index (χ3v) is 4.03. The molecule has 5 heteroatoms. The third kappa shape index (κ3) is 4.23. The predicted octanol–water partition coefficient (Wildman–Crippen LogP) is 4.99. The SMILES string of the molecule is Clc1cccc(COc2cccc(CNc3nccs3)c2)c1. The molecule has 0 aliphatic heterocycles. The van der Waals surface area contributed by atoms with Gasteiger partial charge in [-0.2, -0.15) is 0 Å². The van der Waals surface area contributed by atoms with E-state index in [1.54, 1.807) is 17.5 Å². The van der Waals surface area contributed by atoms with E-state index in [0.717, 1.165) is 33.6 Å². The van der Waals surface area contributed by atoms with Gasteiger partial charge in [0.2, 0.25) is 0 Å². The fourth-order valence-electron chi connectivity index (χ4n) is 2.03. The van der Waals surface area contributed by atoms with E-state index in [4.69, 9.17) is 16.3 Å². The number of benzene rings is 2. The molecule has 0 saturated heterocycles. The van der Waals surface area contributed by atoms with Gasteiger partial charge in [0.05, 0.1) is 0 Å². The summed E-state index contributed by atoms with van der Waals surface area (Å²) < 4.78 is 5.83. The Kier molecular flexibility index (Phi) is 4.93. The second-order valence-corrected chi connectivity index (χ2v) is 6.09. The predicted molar refractivity (Wildman–Crippen MR) is 91.7 cm³/mol. The maximum atomic E-state index is 5.97. The fraction of sp³-hybridized carbons (Fsp3) is 0.118. The van der Waals surface area contributed by atoms with Crippen molar-refractivity contribution in [1.29, 1.82) is 0 Å². The van der Waals surface area contributed by atoms with Crippen molar-refractivity contribution >= 4 is 28.1 Å². The van der Waals surface area contributed by atoms with Crippen molar-refractivity contribution < 1.29 is 4.74 Å². The summed E-state index contributed by atoms with van der Waals surface area (Å²) in [6, 6.07) is 15.7. The monoisotopic (exact) mass is 330 g/mol. The Labute approximate surface area is 138 Å². The largest absolute Gasteiger partial charge is 0.489 e. The molecular weight excluding hydrogens is 316 g/mol. The minimum absolute atomic E-state index is 0.504. The summed E-state index contributed by atoms with van der Waals surface area (Å²) in [5.41, 5.74) is 2.21. The van der Waals surface area contributed by atoms with Gasteiger partial charge in [0.1, 0.15) is 12.4 Å². The van der Waals surface area contributed by atoms with E-state index < -0.39 is 0 Å². The molecule has 0 radical (unpaired) electrons. The van der Waals surface area contributed by atoms with Crippen LogP contribution in [0.15, 0.2) is 60.1 Å². The van der Waals surface area contributed by atoms with Gasteiger partial charge in [0.15, 0.2) is 5.13 Å². The van der Waals surface area contributed by atoms with Gasteiger partial charge in [-0.3, -0.25) is 0 Å². The summed E-state index contributed by atoms with van der Waals surface area (Å²) in [5, 5.41) is 6.88. The van der Waals surface area contributed by atoms with Gasteiger partial charge in [0, 0.05) is 23.1 Å². The average molecular weight is 331 g/mol. The molecule has 0 aliphatic rings. The summed E-state index contributed by atoms with van der Waals surface area (Å²) in [7, 11) is 0. The summed E-state index contributed by atoms with van der Waals surface area (Å²) in [4.78, 5) is 4.20. The topological polar surface area (TPSA) is 34.1 Å². The average Bonchev–Trinajstić information content (AvgIpc) is 3.05. The van der Waals surface area contributed by atoms with Crippen LogP contribution in [0.4, 0.5) is 5.13 Å². The first-order valence-electron chi connectivity index (χ1n) is 6.89. The summed E-state index contributed by atoms with van der Waals surface area (Å²) >= 11 is 7.56. The molecule has 0 unspecified atom stereocenters. The van der Waals surface area contributed by atoms with E-state index in [9.17, 15) is 0 Å². The second kappa shape index (κ2) is 7.29. The van der Waals surface area contributed by atoms with E-state index in [1.165, 1.54) is 0 Å². The lowest BCUT2D eigenvalue weighted by molar-refractivity contribution is 0.306. The molecule has 112 valence electrons. The van der Waals surface area contributed by atoms with Gasteiger partial charge in [-0.05, 0) is 35.4 Å². The quantitative estimate of drug-likeness (QED) is 0.691. The summed E-state index contributed by atoms with van der Waals surface area (Å²) in [5.74, 6) is 0.846. The number of nitrogens with zero attached hydrogens (tertiary/aromatic N) is 1. The number of thiazole rings is 1. The Morgan fingerprint density at radius 3 is 2.77 bits per heavy atom. The standard InChI is InChI=1S/C17H15ClN2OS/c18-15-5-1-4-14(9-15)12-21-16-6-2-3-13(10-16)11-20-17-19-7-8-22-17/h1-10H,11-12H2,(H,19,20). The highest BCUT2D eigenvalue weighted by Crippen LogP contribution is 2.18. The number of nitrogens with one attached hydrogen (secondary N) is 1. The molecule has 3 rings (SSSR count). The van der Waals surface area contributed by atoms with Crippen LogP contribution in [-0.4, -0.2) is 4.98 Å². The third-order valence-electron chi connectivity index (χ3n) is 3.07. The van der Waals surface area contributed by atoms with Crippen LogP contribution in [0.3, 0.4) is 0 Å². The zero-order valence-electron chi connectivity index (χ0n) is 11.8. The first kappa shape index (κ1) is 14.9. The Hall–Kier alpha value is -2.04. The van der Waals surface area contributed by atoms with Crippen LogP contribution in [0.1, 0.15) is 11.1 Å². The van der Waals surface area contributed by atoms with E-state index in [0.29, 0.717) is 6.61 Å². The molecule has 0 bridgehead atoms. The van der Waals surface area contributed by atoms with Gasteiger partial charge in [-0.15, -0.1) is 11.3 Å². The minimum atomic E-state index is 0.504. The van der Waals surface area contributed by atoms with Crippen LogP contribution in [-0.2, 0) is 13.2 Å². The highest BCUT2D eigenvalue weighted by molar-refractivity contribution is 7.13. The van der Waals surface area contributed by atoms with E-state index in [1.807, 2.05) is 47.8 Å². The van der Waals surface area contributed by atoms with Crippen LogP contribution in [0.2, 0.25) is 5.02 Å². The molecule has 3 nitrogen and oxygen atoms in total. The maximum absolute atomic E-state index is 5.97. The molecule has 0 saturated carbocycles.